The molecule has 0 heterocycles. The maximum Gasteiger partial charge on any atom is 0.247 e. The summed E-state index contributed by atoms with van der Waals surface area (Å²) in [6.45, 7) is -0.394. The Labute approximate surface area is 250 Å². The summed E-state index contributed by atoms with van der Waals surface area (Å²) in [5, 5.41) is 3.47. The summed E-state index contributed by atoms with van der Waals surface area (Å²) in [4.78, 5) is 29.2. The van der Waals surface area contributed by atoms with E-state index >= 15 is 0 Å². The van der Waals surface area contributed by atoms with Crippen molar-refractivity contribution >= 4 is 33.4 Å². The fraction of sp³-hybridized carbons (Fsp3) is 0.188. The Morgan fingerprint density at radius 3 is 1.93 bits per heavy atom. The predicted octanol–water partition coefficient (Wildman–Crippen LogP) is 5.33. The molecular formula is C32H31ClFN3O4S. The first kappa shape index (κ1) is 30.9. The molecule has 0 aliphatic carbocycles. The van der Waals surface area contributed by atoms with Crippen molar-refractivity contribution in [2.75, 3.05) is 12.8 Å². The third-order valence-electron chi connectivity index (χ3n) is 6.62. The van der Waals surface area contributed by atoms with Crippen molar-refractivity contribution in [3.8, 4) is 0 Å². The maximum atomic E-state index is 14.0. The van der Waals surface area contributed by atoms with E-state index in [1.54, 1.807) is 78.9 Å². The smallest absolute Gasteiger partial charge is 0.247 e. The molecule has 218 valence electrons. The summed E-state index contributed by atoms with van der Waals surface area (Å²) in [6.07, 6.45) is 1.04. The quantitative estimate of drug-likeness (QED) is 0.236. The van der Waals surface area contributed by atoms with Crippen molar-refractivity contribution in [2.24, 2.45) is 0 Å². The van der Waals surface area contributed by atoms with Gasteiger partial charge in [0.1, 0.15) is 11.9 Å². The van der Waals surface area contributed by atoms with E-state index in [1.165, 1.54) is 29.2 Å². The highest BCUT2D eigenvalue weighted by molar-refractivity contribution is 7.88. The summed E-state index contributed by atoms with van der Waals surface area (Å²) in [5.74, 6) is -1.49. The molecule has 42 heavy (non-hydrogen) atoms. The number of sulfonamides is 1. The minimum absolute atomic E-state index is 0.0193. The van der Waals surface area contributed by atoms with Crippen LogP contribution in [0, 0.1) is 5.82 Å². The number of hydrogen-bond acceptors (Lipinski definition) is 4. The summed E-state index contributed by atoms with van der Waals surface area (Å²) in [6, 6.07) is 29.2. The summed E-state index contributed by atoms with van der Waals surface area (Å²) < 4.78 is 40.3. The fourth-order valence-corrected chi connectivity index (χ4v) is 5.28. The van der Waals surface area contributed by atoms with Gasteiger partial charge in [-0.25, -0.2) is 12.8 Å². The standard InChI is InChI=1S/C32H31ClFN3O4S/c1-42(40,41)36(21-25-8-4-2-5-9-25)23-30(38)37(22-26-14-18-29(34)19-15-26)31(27-10-6-3-7-11-27)32(39)35-20-24-12-16-28(33)17-13-24/h2-19,31H,20-23H2,1H3,(H,35,39). The van der Waals surface area contributed by atoms with Crippen LogP contribution >= 0.6 is 11.6 Å². The predicted molar refractivity (Wildman–Crippen MR) is 161 cm³/mol. The molecule has 0 spiro atoms. The highest BCUT2D eigenvalue weighted by Crippen LogP contribution is 2.25. The van der Waals surface area contributed by atoms with E-state index in [4.69, 9.17) is 11.6 Å². The molecule has 1 atom stereocenters. The number of nitrogens with one attached hydrogen (secondary N) is 1. The third kappa shape index (κ3) is 8.72. The summed E-state index contributed by atoms with van der Waals surface area (Å²) in [7, 11) is -3.81. The Morgan fingerprint density at radius 1 is 0.786 bits per heavy atom. The molecule has 10 heteroatoms. The number of nitrogens with zero attached hydrogens (tertiary/aromatic N) is 2. The van der Waals surface area contributed by atoms with E-state index in [9.17, 15) is 22.4 Å². The summed E-state index contributed by atoms with van der Waals surface area (Å²) in [5.41, 5.74) is 2.63. The van der Waals surface area contributed by atoms with Gasteiger partial charge in [0.25, 0.3) is 0 Å². The van der Waals surface area contributed by atoms with Crippen molar-refractivity contribution in [1.82, 2.24) is 14.5 Å². The van der Waals surface area contributed by atoms with Crippen molar-refractivity contribution in [1.29, 1.82) is 0 Å². The van der Waals surface area contributed by atoms with Crippen LogP contribution in [0.2, 0.25) is 5.02 Å². The monoisotopic (exact) mass is 607 g/mol. The number of carbonyl (C=O) groups excluding carboxylic acids is 2. The molecule has 0 saturated heterocycles. The molecule has 1 unspecified atom stereocenters. The van der Waals surface area contributed by atoms with Gasteiger partial charge in [0, 0.05) is 24.7 Å². The van der Waals surface area contributed by atoms with Crippen LogP contribution in [0.15, 0.2) is 109 Å². The van der Waals surface area contributed by atoms with Gasteiger partial charge < -0.3 is 10.2 Å². The van der Waals surface area contributed by atoms with E-state index in [0.717, 1.165) is 16.1 Å². The molecule has 0 fully saturated rings. The van der Waals surface area contributed by atoms with E-state index in [1.807, 2.05) is 6.07 Å². The molecule has 0 aromatic heterocycles. The van der Waals surface area contributed by atoms with Crippen molar-refractivity contribution < 1.29 is 22.4 Å². The molecule has 1 N–H and O–H groups in total. The first-order chi connectivity index (χ1) is 20.1. The number of amides is 2. The van der Waals surface area contributed by atoms with Gasteiger partial charge in [0.05, 0.1) is 12.8 Å². The lowest BCUT2D eigenvalue weighted by Gasteiger charge is -2.33. The van der Waals surface area contributed by atoms with Crippen LogP contribution in [0.25, 0.3) is 0 Å². The zero-order valence-electron chi connectivity index (χ0n) is 23.0. The second kappa shape index (κ2) is 14.2. The lowest BCUT2D eigenvalue weighted by atomic mass is 10.0. The molecule has 4 aromatic rings. The average molecular weight is 608 g/mol. The zero-order chi connectivity index (χ0) is 30.1. The van der Waals surface area contributed by atoms with Gasteiger partial charge in [-0.3, -0.25) is 9.59 Å². The van der Waals surface area contributed by atoms with E-state index in [0.29, 0.717) is 21.7 Å². The molecule has 0 saturated carbocycles. The molecule has 2 amide bonds. The third-order valence-corrected chi connectivity index (χ3v) is 8.07. The second-order valence-corrected chi connectivity index (χ2v) is 12.2. The second-order valence-electron chi connectivity index (χ2n) is 9.82. The minimum Gasteiger partial charge on any atom is -0.350 e. The Balaban J connectivity index is 1.69. The highest BCUT2D eigenvalue weighted by atomic mass is 35.5. The first-order valence-corrected chi connectivity index (χ1v) is 15.4. The number of carbonyl (C=O) groups is 2. The van der Waals surface area contributed by atoms with Crippen LogP contribution in [0.4, 0.5) is 4.39 Å². The molecule has 0 aliphatic rings. The number of rotatable bonds is 12. The van der Waals surface area contributed by atoms with Crippen molar-refractivity contribution in [2.45, 2.75) is 25.7 Å². The topological polar surface area (TPSA) is 86.8 Å². The number of benzene rings is 4. The molecule has 4 rings (SSSR count). The van der Waals surface area contributed by atoms with Gasteiger partial charge in [-0.15, -0.1) is 0 Å². The largest absolute Gasteiger partial charge is 0.350 e. The molecule has 7 nitrogen and oxygen atoms in total. The van der Waals surface area contributed by atoms with Gasteiger partial charge in [0.2, 0.25) is 21.8 Å². The SMILES string of the molecule is CS(=O)(=O)N(CC(=O)N(Cc1ccc(F)cc1)C(C(=O)NCc1ccc(Cl)cc1)c1ccccc1)Cc1ccccc1. The van der Waals surface area contributed by atoms with Crippen LogP contribution in [0.3, 0.4) is 0 Å². The van der Waals surface area contributed by atoms with Crippen molar-refractivity contribution in [3.63, 3.8) is 0 Å². The van der Waals surface area contributed by atoms with Gasteiger partial charge >= 0.3 is 0 Å². The van der Waals surface area contributed by atoms with Crippen LogP contribution in [0.5, 0.6) is 0 Å². The minimum atomic E-state index is -3.81. The Bertz CT molecular complexity index is 1590. The molecule has 0 bridgehead atoms. The van der Waals surface area contributed by atoms with Gasteiger partial charge in [-0.2, -0.15) is 4.31 Å². The molecular weight excluding hydrogens is 577 g/mol. The van der Waals surface area contributed by atoms with Crippen LogP contribution in [-0.4, -0.2) is 42.2 Å². The Kier molecular flexibility index (Phi) is 10.5. The number of hydrogen-bond donors (Lipinski definition) is 1. The molecule has 4 aromatic carbocycles. The van der Waals surface area contributed by atoms with Gasteiger partial charge in [-0.05, 0) is 46.5 Å². The Morgan fingerprint density at radius 2 is 1.33 bits per heavy atom. The van der Waals surface area contributed by atoms with E-state index < -0.39 is 40.2 Å². The first-order valence-electron chi connectivity index (χ1n) is 13.2. The van der Waals surface area contributed by atoms with E-state index in [-0.39, 0.29) is 19.6 Å². The molecule has 0 aliphatic heterocycles. The van der Waals surface area contributed by atoms with E-state index in [2.05, 4.69) is 5.32 Å². The van der Waals surface area contributed by atoms with Crippen LogP contribution in [0.1, 0.15) is 28.3 Å². The van der Waals surface area contributed by atoms with Crippen LogP contribution in [-0.2, 0) is 39.2 Å². The fourth-order valence-electron chi connectivity index (χ4n) is 4.43. The average Bonchev–Trinajstić information content (AvgIpc) is 2.98. The lowest BCUT2D eigenvalue weighted by molar-refractivity contribution is -0.141. The maximum absolute atomic E-state index is 14.0. The Hall–Kier alpha value is -4.05. The lowest BCUT2D eigenvalue weighted by Crippen LogP contribution is -2.47. The molecule has 0 radical (unpaired) electrons. The number of halogens is 2. The van der Waals surface area contributed by atoms with Crippen LogP contribution < -0.4 is 5.32 Å². The van der Waals surface area contributed by atoms with Gasteiger partial charge in [0.15, 0.2) is 0 Å². The van der Waals surface area contributed by atoms with Gasteiger partial charge in [-0.1, -0.05) is 96.5 Å². The highest BCUT2D eigenvalue weighted by Gasteiger charge is 2.33. The normalized spacial score (nSPS) is 12.1. The zero-order valence-corrected chi connectivity index (χ0v) is 24.6. The van der Waals surface area contributed by atoms with Crippen molar-refractivity contribution in [3.05, 3.63) is 142 Å². The summed E-state index contributed by atoms with van der Waals surface area (Å²) >= 11 is 5.99.